The Hall–Kier alpha value is -0.0800. The molecule has 1 unspecified atom stereocenters. The highest BCUT2D eigenvalue weighted by molar-refractivity contribution is 4.41. The predicted octanol–water partition coefficient (Wildman–Crippen LogP) is 1.69. The monoisotopic (exact) mass is 134 g/mol. The highest BCUT2D eigenvalue weighted by Crippen LogP contribution is 1.84. The standard InChI is InChI=1S/C5H12O2.C2H6/c1-5(7-3)4-6-2;1-2/h5H,4H2,1-3H3;1-2H3. The lowest BCUT2D eigenvalue weighted by atomic mass is 10.4. The third-order valence-corrected chi connectivity index (χ3v) is 0.804. The largest absolute Gasteiger partial charge is 0.382 e. The molecule has 0 radical (unpaired) electrons. The Morgan fingerprint density at radius 2 is 1.67 bits per heavy atom. The molecular formula is C7H18O2. The third kappa shape index (κ3) is 11.5. The van der Waals surface area contributed by atoms with Crippen LogP contribution in [0, 0.1) is 0 Å². The zero-order valence-electron chi connectivity index (χ0n) is 7.10. The van der Waals surface area contributed by atoms with Crippen molar-refractivity contribution in [1.82, 2.24) is 0 Å². The van der Waals surface area contributed by atoms with Gasteiger partial charge in [-0.15, -0.1) is 0 Å². The maximum atomic E-state index is 4.87. The van der Waals surface area contributed by atoms with Crippen molar-refractivity contribution in [3.05, 3.63) is 0 Å². The van der Waals surface area contributed by atoms with E-state index in [0.717, 1.165) is 0 Å². The maximum Gasteiger partial charge on any atom is 0.0776 e. The number of hydrogen-bond acceptors (Lipinski definition) is 2. The number of methoxy groups -OCH3 is 2. The van der Waals surface area contributed by atoms with Crippen LogP contribution in [0.4, 0.5) is 0 Å². The minimum atomic E-state index is 0.227. The fraction of sp³-hybridized carbons (Fsp3) is 1.00. The Kier molecular flexibility index (Phi) is 14.0. The van der Waals surface area contributed by atoms with Gasteiger partial charge in [0, 0.05) is 14.2 Å². The van der Waals surface area contributed by atoms with E-state index in [2.05, 4.69) is 0 Å². The molecule has 0 N–H and O–H groups in total. The highest BCUT2D eigenvalue weighted by Gasteiger charge is 1.93. The van der Waals surface area contributed by atoms with Crippen LogP contribution in [-0.4, -0.2) is 26.9 Å². The molecule has 2 nitrogen and oxygen atoms in total. The van der Waals surface area contributed by atoms with Gasteiger partial charge in [0.2, 0.25) is 0 Å². The second-order valence-corrected chi connectivity index (χ2v) is 1.50. The van der Waals surface area contributed by atoms with Gasteiger partial charge in [0.1, 0.15) is 0 Å². The molecule has 9 heavy (non-hydrogen) atoms. The van der Waals surface area contributed by atoms with E-state index >= 15 is 0 Å². The van der Waals surface area contributed by atoms with Crippen molar-refractivity contribution in [3.63, 3.8) is 0 Å². The Labute approximate surface area is 58.2 Å². The van der Waals surface area contributed by atoms with Gasteiger partial charge >= 0.3 is 0 Å². The summed E-state index contributed by atoms with van der Waals surface area (Å²) in [5.41, 5.74) is 0. The van der Waals surface area contributed by atoms with Crippen LogP contribution in [0.1, 0.15) is 20.8 Å². The van der Waals surface area contributed by atoms with Crippen LogP contribution in [-0.2, 0) is 9.47 Å². The summed E-state index contributed by atoms with van der Waals surface area (Å²) in [5, 5.41) is 0. The number of ether oxygens (including phenoxy) is 2. The van der Waals surface area contributed by atoms with Crippen molar-refractivity contribution in [1.29, 1.82) is 0 Å². The molecule has 0 aromatic carbocycles. The van der Waals surface area contributed by atoms with E-state index in [0.29, 0.717) is 6.61 Å². The summed E-state index contributed by atoms with van der Waals surface area (Å²) >= 11 is 0. The zero-order chi connectivity index (χ0) is 7.70. The van der Waals surface area contributed by atoms with Gasteiger partial charge in [-0.2, -0.15) is 0 Å². The van der Waals surface area contributed by atoms with Gasteiger partial charge in [-0.3, -0.25) is 0 Å². The SMILES string of the molecule is CC.COCC(C)OC. The molecule has 0 rings (SSSR count). The van der Waals surface area contributed by atoms with Crippen LogP contribution in [0.15, 0.2) is 0 Å². The van der Waals surface area contributed by atoms with Gasteiger partial charge < -0.3 is 9.47 Å². The highest BCUT2D eigenvalue weighted by atomic mass is 16.5. The molecule has 0 aliphatic heterocycles. The molecule has 0 heterocycles. The molecule has 58 valence electrons. The fourth-order valence-corrected chi connectivity index (χ4v) is 0.303. The van der Waals surface area contributed by atoms with Crippen molar-refractivity contribution in [3.8, 4) is 0 Å². The van der Waals surface area contributed by atoms with Gasteiger partial charge in [0.15, 0.2) is 0 Å². The van der Waals surface area contributed by atoms with Gasteiger partial charge in [-0.25, -0.2) is 0 Å². The predicted molar refractivity (Wildman–Crippen MR) is 39.7 cm³/mol. The summed E-state index contributed by atoms with van der Waals surface area (Å²) in [4.78, 5) is 0. The van der Waals surface area contributed by atoms with E-state index in [1.165, 1.54) is 0 Å². The molecule has 0 saturated carbocycles. The minimum Gasteiger partial charge on any atom is -0.382 e. The molecule has 0 aliphatic carbocycles. The molecule has 0 aromatic rings. The molecule has 2 heteroatoms. The average Bonchev–Trinajstić information content (AvgIpc) is 1.93. The number of hydrogen-bond donors (Lipinski definition) is 0. The lowest BCUT2D eigenvalue weighted by Crippen LogP contribution is -2.11. The zero-order valence-corrected chi connectivity index (χ0v) is 7.10. The molecule has 0 bridgehead atoms. The topological polar surface area (TPSA) is 18.5 Å². The van der Waals surface area contributed by atoms with Crippen LogP contribution in [0.5, 0.6) is 0 Å². The second-order valence-electron chi connectivity index (χ2n) is 1.50. The van der Waals surface area contributed by atoms with Gasteiger partial charge in [-0.1, -0.05) is 13.8 Å². The Balaban J connectivity index is 0. The average molecular weight is 134 g/mol. The summed E-state index contributed by atoms with van der Waals surface area (Å²) in [6.45, 7) is 6.64. The van der Waals surface area contributed by atoms with Crippen LogP contribution in [0.2, 0.25) is 0 Å². The first-order chi connectivity index (χ1) is 4.31. The van der Waals surface area contributed by atoms with Crippen LogP contribution in [0.3, 0.4) is 0 Å². The van der Waals surface area contributed by atoms with Gasteiger partial charge in [0.05, 0.1) is 12.7 Å². The smallest absolute Gasteiger partial charge is 0.0776 e. The lowest BCUT2D eigenvalue weighted by Gasteiger charge is -2.05. The molecular weight excluding hydrogens is 116 g/mol. The molecule has 0 aliphatic rings. The quantitative estimate of drug-likeness (QED) is 0.585. The lowest BCUT2D eigenvalue weighted by molar-refractivity contribution is 0.0401. The second kappa shape index (κ2) is 10.8. The van der Waals surface area contributed by atoms with Crippen molar-refractivity contribution in [2.45, 2.75) is 26.9 Å². The van der Waals surface area contributed by atoms with E-state index in [9.17, 15) is 0 Å². The third-order valence-electron chi connectivity index (χ3n) is 0.804. The summed E-state index contributed by atoms with van der Waals surface area (Å²) in [5.74, 6) is 0. The minimum absolute atomic E-state index is 0.227. The van der Waals surface area contributed by atoms with Crippen molar-refractivity contribution >= 4 is 0 Å². The summed E-state index contributed by atoms with van der Waals surface area (Å²) in [6.07, 6.45) is 0.227. The first kappa shape index (κ1) is 11.7. The van der Waals surface area contributed by atoms with Crippen molar-refractivity contribution < 1.29 is 9.47 Å². The Bertz CT molecular complexity index is 37.9. The molecule has 0 saturated heterocycles. The van der Waals surface area contributed by atoms with E-state index in [-0.39, 0.29) is 6.10 Å². The summed E-state index contributed by atoms with van der Waals surface area (Å²) in [6, 6.07) is 0. The van der Waals surface area contributed by atoms with Gasteiger partial charge in [0.25, 0.3) is 0 Å². The molecule has 0 aromatic heterocycles. The van der Waals surface area contributed by atoms with Crippen molar-refractivity contribution in [2.24, 2.45) is 0 Å². The molecule has 0 amide bonds. The molecule has 1 atom stereocenters. The maximum absolute atomic E-state index is 4.87. The Morgan fingerprint density at radius 1 is 1.22 bits per heavy atom. The van der Waals surface area contributed by atoms with Gasteiger partial charge in [-0.05, 0) is 6.92 Å². The van der Waals surface area contributed by atoms with E-state index in [1.54, 1.807) is 14.2 Å². The molecule has 0 spiro atoms. The van der Waals surface area contributed by atoms with Crippen LogP contribution < -0.4 is 0 Å². The Morgan fingerprint density at radius 3 is 1.78 bits per heavy atom. The first-order valence-electron chi connectivity index (χ1n) is 3.33. The van der Waals surface area contributed by atoms with E-state index in [4.69, 9.17) is 9.47 Å². The van der Waals surface area contributed by atoms with Crippen LogP contribution in [0.25, 0.3) is 0 Å². The summed E-state index contributed by atoms with van der Waals surface area (Å²) < 4.78 is 9.64. The first-order valence-corrected chi connectivity index (χ1v) is 3.33. The fourth-order valence-electron chi connectivity index (χ4n) is 0.303. The van der Waals surface area contributed by atoms with E-state index < -0.39 is 0 Å². The van der Waals surface area contributed by atoms with Crippen LogP contribution >= 0.6 is 0 Å². The summed E-state index contributed by atoms with van der Waals surface area (Å²) in [7, 11) is 3.33. The molecule has 0 fully saturated rings. The number of rotatable bonds is 3. The van der Waals surface area contributed by atoms with Crippen molar-refractivity contribution in [2.75, 3.05) is 20.8 Å². The normalized spacial score (nSPS) is 11.7. The van der Waals surface area contributed by atoms with E-state index in [1.807, 2.05) is 20.8 Å².